The minimum absolute atomic E-state index is 0.0501. The Hall–Kier alpha value is -1.76. The van der Waals surface area contributed by atoms with Crippen LogP contribution in [0.25, 0.3) is 0 Å². The van der Waals surface area contributed by atoms with Gasteiger partial charge in [0.15, 0.2) is 0 Å². The molecule has 2 atom stereocenters. The maximum absolute atomic E-state index is 12.4. The van der Waals surface area contributed by atoms with Gasteiger partial charge in [0, 0.05) is 19.1 Å². The molecule has 0 saturated carbocycles. The van der Waals surface area contributed by atoms with Crippen LogP contribution in [0.1, 0.15) is 38.7 Å². The number of amides is 1. The van der Waals surface area contributed by atoms with E-state index in [1.165, 1.54) is 18.2 Å². The Balaban J connectivity index is 2.58. The van der Waals surface area contributed by atoms with Gasteiger partial charge in [-0.25, -0.2) is 0 Å². The maximum Gasteiger partial charge on any atom is 0.573 e. The summed E-state index contributed by atoms with van der Waals surface area (Å²) in [6, 6.07) is 5.75. The number of benzene rings is 1. The van der Waals surface area contributed by atoms with Gasteiger partial charge in [0.1, 0.15) is 5.75 Å². The summed E-state index contributed by atoms with van der Waals surface area (Å²) in [5.74, 6) is -0.427. The van der Waals surface area contributed by atoms with Gasteiger partial charge in [0.05, 0.1) is 0 Å². The molecule has 7 heteroatoms. The number of hydrogen-bond donors (Lipinski definition) is 2. The van der Waals surface area contributed by atoms with Crippen LogP contribution in [0.5, 0.6) is 5.75 Å². The number of carbonyl (C=O) groups excluding carboxylic acids is 1. The topological polar surface area (TPSA) is 58.6 Å². The van der Waals surface area contributed by atoms with Gasteiger partial charge in [-0.1, -0.05) is 32.0 Å². The molecule has 1 amide bonds. The molecule has 0 aliphatic rings. The third kappa shape index (κ3) is 7.68. The van der Waals surface area contributed by atoms with Gasteiger partial charge >= 0.3 is 6.36 Å². The molecule has 0 radical (unpaired) electrons. The third-order valence-electron chi connectivity index (χ3n) is 3.68. The molecule has 4 nitrogen and oxygen atoms in total. The van der Waals surface area contributed by atoms with Gasteiger partial charge in [-0.3, -0.25) is 4.79 Å². The molecule has 0 aliphatic heterocycles. The van der Waals surface area contributed by atoms with E-state index in [0.717, 1.165) is 6.42 Å². The highest BCUT2D eigenvalue weighted by atomic mass is 19.4. The number of nitrogens with one attached hydrogen (secondary N) is 1. The largest absolute Gasteiger partial charge is 0.573 e. The zero-order valence-corrected chi connectivity index (χ0v) is 13.9. The number of alkyl halides is 3. The number of hydrogen-bond acceptors (Lipinski definition) is 3. The Labute approximate surface area is 140 Å². The fraction of sp³-hybridized carbons (Fsp3) is 0.588. The molecule has 136 valence electrons. The zero-order valence-electron chi connectivity index (χ0n) is 13.9. The molecule has 1 aromatic carbocycles. The van der Waals surface area contributed by atoms with Crippen molar-refractivity contribution in [2.24, 2.45) is 5.92 Å². The van der Waals surface area contributed by atoms with Crippen LogP contribution >= 0.6 is 0 Å². The number of ether oxygens (including phenoxy) is 1. The highest BCUT2D eigenvalue weighted by Gasteiger charge is 2.32. The number of carbonyl (C=O) groups is 1. The molecule has 1 aromatic rings. The van der Waals surface area contributed by atoms with Crippen molar-refractivity contribution in [3.63, 3.8) is 0 Å². The molecule has 0 saturated heterocycles. The molecule has 0 fully saturated rings. The Bertz CT molecular complexity index is 520. The van der Waals surface area contributed by atoms with Crippen LogP contribution in [0.4, 0.5) is 13.2 Å². The molecule has 24 heavy (non-hydrogen) atoms. The fourth-order valence-electron chi connectivity index (χ4n) is 2.37. The summed E-state index contributed by atoms with van der Waals surface area (Å²) in [5.41, 5.74) is 0.335. The van der Waals surface area contributed by atoms with E-state index in [9.17, 15) is 18.0 Å². The Kier molecular flexibility index (Phi) is 8.04. The van der Waals surface area contributed by atoms with E-state index in [1.807, 2.05) is 13.8 Å². The van der Waals surface area contributed by atoms with Crippen LogP contribution in [0.15, 0.2) is 24.3 Å². The van der Waals surface area contributed by atoms with Crippen LogP contribution in [0, 0.1) is 5.92 Å². The van der Waals surface area contributed by atoms with Gasteiger partial charge in [-0.05, 0) is 36.8 Å². The normalized spacial score (nSPS) is 14.1. The lowest BCUT2D eigenvalue weighted by atomic mass is 10.0. The van der Waals surface area contributed by atoms with Crippen LogP contribution in [-0.2, 0) is 11.2 Å². The number of aryl methyl sites for hydroxylation is 1. The second-order valence-corrected chi connectivity index (χ2v) is 5.85. The van der Waals surface area contributed by atoms with Gasteiger partial charge < -0.3 is 15.2 Å². The van der Waals surface area contributed by atoms with Gasteiger partial charge in [-0.2, -0.15) is 0 Å². The fourth-order valence-corrected chi connectivity index (χ4v) is 2.37. The minimum Gasteiger partial charge on any atom is -0.406 e. The predicted octanol–water partition coefficient (Wildman–Crippen LogP) is 3.43. The summed E-state index contributed by atoms with van der Waals surface area (Å²) in [7, 11) is 0. The average molecular weight is 347 g/mol. The minimum atomic E-state index is -4.76. The zero-order chi connectivity index (χ0) is 18.2. The summed E-state index contributed by atoms with van der Waals surface area (Å²) in [5, 5.41) is 11.9. The molecule has 0 spiro atoms. The monoisotopic (exact) mass is 347 g/mol. The summed E-state index contributed by atoms with van der Waals surface area (Å²) in [6.45, 7) is 3.87. The van der Waals surface area contributed by atoms with E-state index in [4.69, 9.17) is 5.11 Å². The van der Waals surface area contributed by atoms with Crippen LogP contribution in [0.2, 0.25) is 0 Å². The van der Waals surface area contributed by atoms with Crippen molar-refractivity contribution < 1.29 is 27.8 Å². The van der Waals surface area contributed by atoms with Gasteiger partial charge in [0.25, 0.3) is 0 Å². The lowest BCUT2D eigenvalue weighted by Gasteiger charge is -2.20. The molecular formula is C17H24F3NO3. The van der Waals surface area contributed by atoms with E-state index in [2.05, 4.69) is 10.1 Å². The number of aliphatic hydroxyl groups excluding tert-OH is 1. The van der Waals surface area contributed by atoms with Gasteiger partial charge in [-0.15, -0.1) is 13.2 Å². The first kappa shape index (κ1) is 20.3. The molecule has 0 unspecified atom stereocenters. The van der Waals surface area contributed by atoms with Crippen molar-refractivity contribution in [1.82, 2.24) is 5.32 Å². The van der Waals surface area contributed by atoms with Crippen molar-refractivity contribution in [2.75, 3.05) is 6.61 Å². The van der Waals surface area contributed by atoms with Crippen LogP contribution in [-0.4, -0.2) is 30.0 Å². The number of halogens is 3. The standard InChI is InChI=1S/C17H24F3NO3/c1-3-14(10-12(2)11-22)21-16(23)9-8-13-6-4-5-7-15(13)24-17(18,19)20/h4-7,12,14,22H,3,8-11H2,1-2H3,(H,21,23)/t12-,14+/m0/s1. The Morgan fingerprint density at radius 3 is 2.58 bits per heavy atom. The van der Waals surface area contributed by atoms with E-state index in [1.54, 1.807) is 6.07 Å². The maximum atomic E-state index is 12.4. The first-order valence-corrected chi connectivity index (χ1v) is 7.99. The van der Waals surface area contributed by atoms with Crippen molar-refractivity contribution in [2.45, 2.75) is 51.9 Å². The molecular weight excluding hydrogens is 323 g/mol. The number of para-hydroxylation sites is 1. The van der Waals surface area contributed by atoms with Crippen LogP contribution < -0.4 is 10.1 Å². The highest BCUT2D eigenvalue weighted by Crippen LogP contribution is 2.27. The first-order valence-electron chi connectivity index (χ1n) is 7.99. The van der Waals surface area contributed by atoms with E-state index in [0.29, 0.717) is 12.0 Å². The lowest BCUT2D eigenvalue weighted by Crippen LogP contribution is -2.36. The molecule has 0 bridgehead atoms. The molecule has 1 rings (SSSR count). The first-order chi connectivity index (χ1) is 11.2. The Morgan fingerprint density at radius 2 is 2.00 bits per heavy atom. The van der Waals surface area contributed by atoms with Gasteiger partial charge in [0.2, 0.25) is 5.91 Å². The smallest absolute Gasteiger partial charge is 0.406 e. The van der Waals surface area contributed by atoms with Crippen molar-refractivity contribution in [3.05, 3.63) is 29.8 Å². The molecule has 0 aliphatic carbocycles. The van der Waals surface area contributed by atoms with Crippen molar-refractivity contribution in [1.29, 1.82) is 0 Å². The summed E-state index contributed by atoms with van der Waals surface area (Å²) in [4.78, 5) is 12.0. The second kappa shape index (κ2) is 9.52. The highest BCUT2D eigenvalue weighted by molar-refractivity contribution is 5.76. The second-order valence-electron chi connectivity index (χ2n) is 5.85. The Morgan fingerprint density at radius 1 is 1.33 bits per heavy atom. The summed E-state index contributed by atoms with van der Waals surface area (Å²) >= 11 is 0. The van der Waals surface area contributed by atoms with Crippen molar-refractivity contribution >= 4 is 5.91 Å². The predicted molar refractivity (Wildman–Crippen MR) is 84.5 cm³/mol. The van der Waals surface area contributed by atoms with E-state index in [-0.39, 0.29) is 43.1 Å². The molecule has 0 heterocycles. The van der Waals surface area contributed by atoms with Crippen molar-refractivity contribution in [3.8, 4) is 5.75 Å². The number of aliphatic hydroxyl groups is 1. The molecule has 2 N–H and O–H groups in total. The summed E-state index contributed by atoms with van der Waals surface area (Å²) in [6.07, 6.45) is -3.14. The van der Waals surface area contributed by atoms with E-state index < -0.39 is 6.36 Å². The third-order valence-corrected chi connectivity index (χ3v) is 3.68. The summed E-state index contributed by atoms with van der Waals surface area (Å²) < 4.78 is 41.1. The van der Waals surface area contributed by atoms with E-state index >= 15 is 0 Å². The average Bonchev–Trinajstić information content (AvgIpc) is 2.51. The number of rotatable bonds is 9. The lowest BCUT2D eigenvalue weighted by molar-refractivity contribution is -0.274. The molecule has 0 aromatic heterocycles. The van der Waals surface area contributed by atoms with Crippen LogP contribution in [0.3, 0.4) is 0 Å². The SMILES string of the molecule is CC[C@H](C[C@H](C)CO)NC(=O)CCc1ccccc1OC(F)(F)F. The quantitative estimate of drug-likeness (QED) is 0.719.